The molecule has 2 aromatic heterocycles. The van der Waals surface area contributed by atoms with E-state index in [1.54, 1.807) is 0 Å². The molecule has 32 heavy (non-hydrogen) atoms. The van der Waals surface area contributed by atoms with Crippen molar-refractivity contribution in [2.75, 3.05) is 32.8 Å². The van der Waals surface area contributed by atoms with Crippen LogP contribution in [-0.2, 0) is 4.74 Å². The van der Waals surface area contributed by atoms with Crippen LogP contribution in [0.25, 0.3) is 22.2 Å². The zero-order valence-corrected chi connectivity index (χ0v) is 20.1. The van der Waals surface area contributed by atoms with E-state index in [9.17, 15) is 0 Å². The highest BCUT2D eigenvalue weighted by Crippen LogP contribution is 2.38. The predicted octanol–water partition coefficient (Wildman–Crippen LogP) is 6.19. The van der Waals surface area contributed by atoms with Crippen molar-refractivity contribution in [1.29, 1.82) is 0 Å². The Balaban J connectivity index is 1.40. The van der Waals surface area contributed by atoms with E-state index < -0.39 is 0 Å². The summed E-state index contributed by atoms with van der Waals surface area (Å²) in [6.07, 6.45) is 3.76. The van der Waals surface area contributed by atoms with Gasteiger partial charge in [0.05, 0.1) is 12.3 Å². The molecule has 1 aromatic carbocycles. The Morgan fingerprint density at radius 1 is 1.06 bits per heavy atom. The number of piperidine rings is 1. The first kappa shape index (κ1) is 21.7. The molecule has 0 spiro atoms. The SMILES string of the molecule is Cc1cc(-c2[nH]c3ccc(C4CCN(CC5CCOC5)CC4)cc3c2C(C)C)cc(C)n1. The number of aryl methyl sites for hydroxylation is 2. The number of rotatable bonds is 5. The van der Waals surface area contributed by atoms with Crippen LogP contribution < -0.4 is 0 Å². The summed E-state index contributed by atoms with van der Waals surface area (Å²) in [6, 6.07) is 11.6. The number of nitrogens with zero attached hydrogens (tertiary/aromatic N) is 2. The van der Waals surface area contributed by atoms with Crippen LogP contribution in [0.15, 0.2) is 30.3 Å². The van der Waals surface area contributed by atoms with Gasteiger partial charge >= 0.3 is 0 Å². The Kier molecular flexibility index (Phi) is 6.09. The number of hydrogen-bond acceptors (Lipinski definition) is 3. The summed E-state index contributed by atoms with van der Waals surface area (Å²) in [4.78, 5) is 11.0. The van der Waals surface area contributed by atoms with Crippen molar-refractivity contribution >= 4 is 10.9 Å². The molecule has 0 aliphatic carbocycles. The van der Waals surface area contributed by atoms with Gasteiger partial charge in [0.25, 0.3) is 0 Å². The molecule has 0 saturated carbocycles. The quantitative estimate of drug-likeness (QED) is 0.524. The Morgan fingerprint density at radius 2 is 1.81 bits per heavy atom. The van der Waals surface area contributed by atoms with Crippen molar-refractivity contribution in [3.8, 4) is 11.3 Å². The van der Waals surface area contributed by atoms with Gasteiger partial charge in [-0.2, -0.15) is 0 Å². The fourth-order valence-electron chi connectivity index (χ4n) is 5.83. The third-order valence-electron chi connectivity index (χ3n) is 7.41. The summed E-state index contributed by atoms with van der Waals surface area (Å²) in [6.45, 7) is 14.3. The number of aromatic amines is 1. The van der Waals surface area contributed by atoms with Gasteiger partial charge in [0, 0.05) is 41.0 Å². The number of nitrogens with one attached hydrogen (secondary N) is 1. The van der Waals surface area contributed by atoms with E-state index in [1.165, 1.54) is 72.2 Å². The molecule has 2 aliphatic heterocycles. The van der Waals surface area contributed by atoms with Crippen LogP contribution in [-0.4, -0.2) is 47.7 Å². The summed E-state index contributed by atoms with van der Waals surface area (Å²) in [5.74, 6) is 1.87. The first-order chi connectivity index (χ1) is 15.5. The van der Waals surface area contributed by atoms with Gasteiger partial charge < -0.3 is 14.6 Å². The number of likely N-dealkylation sites (tertiary alicyclic amines) is 1. The molecular weight excluding hydrogens is 394 g/mol. The van der Waals surface area contributed by atoms with E-state index in [4.69, 9.17) is 4.74 Å². The van der Waals surface area contributed by atoms with E-state index in [2.05, 4.69) is 72.9 Å². The van der Waals surface area contributed by atoms with Crippen molar-refractivity contribution in [2.45, 2.75) is 58.8 Å². The zero-order valence-electron chi connectivity index (χ0n) is 20.1. The van der Waals surface area contributed by atoms with Gasteiger partial charge in [-0.05, 0) is 99.3 Å². The minimum absolute atomic E-state index is 0.457. The molecule has 4 heterocycles. The number of ether oxygens (including phenoxy) is 1. The summed E-state index contributed by atoms with van der Waals surface area (Å²) in [5, 5.41) is 1.39. The third-order valence-corrected chi connectivity index (χ3v) is 7.41. The average molecular weight is 432 g/mol. The minimum atomic E-state index is 0.457. The second-order valence-corrected chi connectivity index (χ2v) is 10.3. The van der Waals surface area contributed by atoms with Crippen molar-refractivity contribution in [3.63, 3.8) is 0 Å². The van der Waals surface area contributed by atoms with Gasteiger partial charge in [0.2, 0.25) is 0 Å². The summed E-state index contributed by atoms with van der Waals surface area (Å²) < 4.78 is 5.57. The summed E-state index contributed by atoms with van der Waals surface area (Å²) >= 11 is 0. The molecule has 170 valence electrons. The lowest BCUT2D eigenvalue weighted by molar-refractivity contribution is 0.152. The number of aromatic nitrogens is 2. The fraction of sp³-hybridized carbons (Fsp3) is 0.536. The number of hydrogen-bond donors (Lipinski definition) is 1. The molecule has 0 radical (unpaired) electrons. The summed E-state index contributed by atoms with van der Waals surface area (Å²) in [7, 11) is 0. The number of benzene rings is 1. The molecule has 5 rings (SSSR count). The molecule has 1 atom stereocenters. The first-order valence-corrected chi connectivity index (χ1v) is 12.4. The summed E-state index contributed by atoms with van der Waals surface area (Å²) in [5.41, 5.74) is 8.85. The first-order valence-electron chi connectivity index (χ1n) is 12.4. The lowest BCUT2D eigenvalue weighted by Gasteiger charge is -2.33. The molecule has 2 fully saturated rings. The highest BCUT2D eigenvalue weighted by atomic mass is 16.5. The largest absolute Gasteiger partial charge is 0.381 e. The lowest BCUT2D eigenvalue weighted by atomic mass is 9.87. The monoisotopic (exact) mass is 431 g/mol. The maximum Gasteiger partial charge on any atom is 0.0507 e. The van der Waals surface area contributed by atoms with Gasteiger partial charge in [-0.3, -0.25) is 4.98 Å². The van der Waals surface area contributed by atoms with E-state index >= 15 is 0 Å². The van der Waals surface area contributed by atoms with Gasteiger partial charge in [0.15, 0.2) is 0 Å². The highest BCUT2D eigenvalue weighted by molar-refractivity contribution is 5.92. The Labute approximate surface area is 192 Å². The van der Waals surface area contributed by atoms with E-state index in [1.807, 2.05) is 0 Å². The van der Waals surface area contributed by atoms with Crippen molar-refractivity contribution in [1.82, 2.24) is 14.9 Å². The van der Waals surface area contributed by atoms with Crippen LogP contribution in [0.2, 0.25) is 0 Å². The molecule has 4 heteroatoms. The smallest absolute Gasteiger partial charge is 0.0507 e. The van der Waals surface area contributed by atoms with Gasteiger partial charge in [-0.15, -0.1) is 0 Å². The van der Waals surface area contributed by atoms with Crippen LogP contribution in [0.4, 0.5) is 0 Å². The zero-order chi connectivity index (χ0) is 22.2. The maximum absolute atomic E-state index is 5.57. The third kappa shape index (κ3) is 4.35. The second kappa shape index (κ2) is 8.99. The Bertz CT molecular complexity index is 1070. The van der Waals surface area contributed by atoms with Gasteiger partial charge in [0.1, 0.15) is 0 Å². The van der Waals surface area contributed by atoms with Crippen LogP contribution in [0.5, 0.6) is 0 Å². The maximum atomic E-state index is 5.57. The fourth-order valence-corrected chi connectivity index (χ4v) is 5.83. The van der Waals surface area contributed by atoms with Gasteiger partial charge in [-0.25, -0.2) is 0 Å². The van der Waals surface area contributed by atoms with Crippen molar-refractivity contribution < 1.29 is 4.74 Å². The van der Waals surface area contributed by atoms with Crippen LogP contribution in [0.1, 0.15) is 67.5 Å². The van der Waals surface area contributed by atoms with Crippen molar-refractivity contribution in [3.05, 3.63) is 52.8 Å². The lowest BCUT2D eigenvalue weighted by Crippen LogP contribution is -2.36. The molecule has 4 nitrogen and oxygen atoms in total. The number of H-pyrrole nitrogens is 1. The molecule has 2 saturated heterocycles. The average Bonchev–Trinajstić information content (AvgIpc) is 3.40. The Hall–Kier alpha value is -2.17. The molecule has 3 aromatic rings. The van der Waals surface area contributed by atoms with Crippen LogP contribution >= 0.6 is 0 Å². The van der Waals surface area contributed by atoms with Crippen molar-refractivity contribution in [2.24, 2.45) is 5.92 Å². The molecule has 0 bridgehead atoms. The number of pyridine rings is 1. The topological polar surface area (TPSA) is 41.2 Å². The normalized spacial score (nSPS) is 20.6. The molecular formula is C28H37N3O. The number of fused-ring (bicyclic) bond motifs is 1. The van der Waals surface area contributed by atoms with E-state index in [-0.39, 0.29) is 0 Å². The van der Waals surface area contributed by atoms with E-state index in [0.29, 0.717) is 11.8 Å². The van der Waals surface area contributed by atoms with Crippen LogP contribution in [0.3, 0.4) is 0 Å². The Morgan fingerprint density at radius 3 is 2.47 bits per heavy atom. The van der Waals surface area contributed by atoms with E-state index in [0.717, 1.165) is 30.5 Å². The molecule has 1 unspecified atom stereocenters. The standard InChI is InChI=1S/C28H37N3O/c1-18(2)27-25-15-23(22-7-10-31(11-8-22)16-21-9-12-32-17-21)5-6-26(25)30-28(27)24-13-19(3)29-20(4)14-24/h5-6,13-15,18,21-22,30H,7-12,16-17H2,1-4H3. The van der Waals surface area contributed by atoms with Gasteiger partial charge in [-0.1, -0.05) is 19.9 Å². The molecule has 2 aliphatic rings. The second-order valence-electron chi connectivity index (χ2n) is 10.3. The molecule has 0 amide bonds. The predicted molar refractivity (Wildman–Crippen MR) is 132 cm³/mol. The van der Waals surface area contributed by atoms with Crippen LogP contribution in [0, 0.1) is 19.8 Å². The minimum Gasteiger partial charge on any atom is -0.381 e. The molecule has 1 N–H and O–H groups in total. The highest BCUT2D eigenvalue weighted by Gasteiger charge is 2.25.